The molecular formula is C7H14N2O5S. The molecule has 0 heterocycles. The van der Waals surface area contributed by atoms with Crippen LogP contribution in [0.4, 0.5) is 0 Å². The van der Waals surface area contributed by atoms with Gasteiger partial charge in [0.25, 0.3) is 0 Å². The van der Waals surface area contributed by atoms with Crippen molar-refractivity contribution in [2.75, 3.05) is 12.3 Å². The van der Waals surface area contributed by atoms with Crippen molar-refractivity contribution in [1.82, 2.24) is 5.32 Å². The van der Waals surface area contributed by atoms with Gasteiger partial charge >= 0.3 is 11.9 Å². The standard InChI is InChI=1S/C5H9NO3S.C2H5NO2/c1-3(7)6-4(2-10)5(8)9;3-1-2(4)5/h4,10H,2H2,1H3,(H,6,7)(H,8,9);1,3H2,(H,4,5)/t4-;/m0./s1. The van der Waals surface area contributed by atoms with E-state index in [0.29, 0.717) is 0 Å². The summed E-state index contributed by atoms with van der Waals surface area (Å²) in [4.78, 5) is 29.8. The van der Waals surface area contributed by atoms with Crippen LogP contribution in [-0.2, 0) is 14.4 Å². The predicted octanol–water partition coefficient (Wildman–Crippen LogP) is -1.46. The van der Waals surface area contributed by atoms with Gasteiger partial charge in [-0.15, -0.1) is 0 Å². The second-order valence-electron chi connectivity index (χ2n) is 2.37. The second kappa shape index (κ2) is 9.28. The van der Waals surface area contributed by atoms with Gasteiger partial charge in [-0.3, -0.25) is 9.59 Å². The highest BCUT2D eigenvalue weighted by Crippen LogP contribution is 1.86. The average molecular weight is 238 g/mol. The molecular weight excluding hydrogens is 224 g/mol. The van der Waals surface area contributed by atoms with E-state index in [1.807, 2.05) is 0 Å². The van der Waals surface area contributed by atoms with Crippen molar-refractivity contribution < 1.29 is 24.6 Å². The number of carboxylic acids is 2. The second-order valence-corrected chi connectivity index (χ2v) is 2.74. The summed E-state index contributed by atoms with van der Waals surface area (Å²) in [5, 5.41) is 18.2. The molecule has 88 valence electrons. The van der Waals surface area contributed by atoms with Crippen LogP contribution >= 0.6 is 12.6 Å². The number of rotatable bonds is 4. The fourth-order valence-corrected chi connectivity index (χ4v) is 0.678. The number of carboxylic acid groups (broad SMARTS) is 2. The van der Waals surface area contributed by atoms with Crippen molar-refractivity contribution in [3.8, 4) is 0 Å². The zero-order chi connectivity index (χ0) is 12.4. The van der Waals surface area contributed by atoms with E-state index in [1.165, 1.54) is 6.92 Å². The van der Waals surface area contributed by atoms with E-state index in [9.17, 15) is 14.4 Å². The van der Waals surface area contributed by atoms with Crippen LogP contribution in [0.15, 0.2) is 0 Å². The van der Waals surface area contributed by atoms with Crippen LogP contribution in [0.2, 0.25) is 0 Å². The summed E-state index contributed by atoms with van der Waals surface area (Å²) >= 11 is 3.73. The highest BCUT2D eigenvalue weighted by Gasteiger charge is 2.15. The van der Waals surface area contributed by atoms with Crippen molar-refractivity contribution in [3.63, 3.8) is 0 Å². The maximum Gasteiger partial charge on any atom is 0.327 e. The lowest BCUT2D eigenvalue weighted by Gasteiger charge is -2.08. The Hall–Kier alpha value is -1.28. The van der Waals surface area contributed by atoms with E-state index in [-0.39, 0.29) is 18.2 Å². The fraction of sp³-hybridized carbons (Fsp3) is 0.571. The lowest BCUT2D eigenvalue weighted by molar-refractivity contribution is -0.140. The molecule has 0 rings (SSSR count). The minimum atomic E-state index is -1.06. The predicted molar refractivity (Wildman–Crippen MR) is 55.8 cm³/mol. The third-order valence-electron chi connectivity index (χ3n) is 1.03. The first kappa shape index (κ1) is 16.2. The summed E-state index contributed by atoms with van der Waals surface area (Å²) in [6, 6.07) is -0.874. The van der Waals surface area contributed by atoms with Crippen molar-refractivity contribution in [2.24, 2.45) is 5.73 Å². The first-order chi connectivity index (χ1) is 6.84. The zero-order valence-electron chi connectivity index (χ0n) is 8.14. The monoisotopic (exact) mass is 238 g/mol. The number of nitrogens with two attached hydrogens (primary N) is 1. The Morgan fingerprint density at radius 3 is 1.87 bits per heavy atom. The zero-order valence-corrected chi connectivity index (χ0v) is 9.03. The van der Waals surface area contributed by atoms with Crippen LogP contribution < -0.4 is 11.1 Å². The third-order valence-corrected chi connectivity index (χ3v) is 1.40. The van der Waals surface area contributed by atoms with Crippen molar-refractivity contribution in [2.45, 2.75) is 13.0 Å². The Kier molecular flexibility index (Phi) is 10.0. The average Bonchev–Trinajstić information content (AvgIpc) is 2.14. The van der Waals surface area contributed by atoms with Gasteiger partial charge in [-0.05, 0) is 0 Å². The van der Waals surface area contributed by atoms with Gasteiger partial charge in [0, 0.05) is 12.7 Å². The first-order valence-corrected chi connectivity index (χ1v) is 4.51. The van der Waals surface area contributed by atoms with E-state index >= 15 is 0 Å². The number of hydrogen-bond acceptors (Lipinski definition) is 5. The molecule has 1 amide bonds. The molecule has 0 bridgehead atoms. The number of hydrogen-bond donors (Lipinski definition) is 5. The normalized spacial score (nSPS) is 10.6. The van der Waals surface area contributed by atoms with E-state index in [0.717, 1.165) is 0 Å². The highest BCUT2D eigenvalue weighted by molar-refractivity contribution is 7.80. The minimum Gasteiger partial charge on any atom is -0.480 e. The largest absolute Gasteiger partial charge is 0.480 e. The van der Waals surface area contributed by atoms with Gasteiger partial charge in [-0.2, -0.15) is 12.6 Å². The van der Waals surface area contributed by atoms with Gasteiger partial charge in [0.1, 0.15) is 6.04 Å². The quantitative estimate of drug-likeness (QED) is 0.380. The molecule has 0 aliphatic heterocycles. The number of nitrogens with one attached hydrogen (secondary N) is 1. The molecule has 0 aromatic carbocycles. The third kappa shape index (κ3) is 12.7. The SMILES string of the molecule is CC(=O)N[C@@H](CS)C(=O)O.NCC(=O)O. The maximum absolute atomic E-state index is 10.3. The molecule has 7 nitrogen and oxygen atoms in total. The fourth-order valence-electron chi connectivity index (χ4n) is 0.431. The number of carbonyl (C=O) groups excluding carboxylic acids is 1. The molecule has 0 radical (unpaired) electrons. The summed E-state index contributed by atoms with van der Waals surface area (Å²) < 4.78 is 0. The van der Waals surface area contributed by atoms with Crippen molar-refractivity contribution in [1.29, 1.82) is 0 Å². The Morgan fingerprint density at radius 1 is 1.40 bits per heavy atom. The molecule has 0 unspecified atom stereocenters. The summed E-state index contributed by atoms with van der Waals surface area (Å²) in [6.45, 7) is 0.985. The Labute approximate surface area is 92.1 Å². The Balaban J connectivity index is 0. The molecule has 0 aromatic rings. The number of amides is 1. The van der Waals surface area contributed by atoms with Crippen molar-refractivity contribution >= 4 is 30.5 Å². The van der Waals surface area contributed by atoms with Gasteiger partial charge in [-0.1, -0.05) is 0 Å². The van der Waals surface area contributed by atoms with Gasteiger partial charge < -0.3 is 21.3 Å². The van der Waals surface area contributed by atoms with Crippen LogP contribution in [0.25, 0.3) is 0 Å². The molecule has 1 atom stereocenters. The molecule has 0 aliphatic carbocycles. The van der Waals surface area contributed by atoms with E-state index in [1.54, 1.807) is 0 Å². The molecule has 0 aliphatic rings. The molecule has 15 heavy (non-hydrogen) atoms. The minimum absolute atomic E-state index is 0.106. The molecule has 0 saturated heterocycles. The van der Waals surface area contributed by atoms with E-state index in [4.69, 9.17) is 10.2 Å². The van der Waals surface area contributed by atoms with Gasteiger partial charge in [-0.25, -0.2) is 4.79 Å². The molecule has 0 spiro atoms. The smallest absolute Gasteiger partial charge is 0.327 e. The van der Waals surface area contributed by atoms with Crippen LogP contribution in [-0.4, -0.2) is 46.4 Å². The van der Waals surface area contributed by atoms with E-state index < -0.39 is 18.0 Å². The number of carbonyl (C=O) groups is 3. The van der Waals surface area contributed by atoms with Gasteiger partial charge in [0.05, 0.1) is 6.54 Å². The van der Waals surface area contributed by atoms with Crippen LogP contribution in [0, 0.1) is 0 Å². The summed E-state index contributed by atoms with van der Waals surface area (Å²) in [7, 11) is 0. The van der Waals surface area contributed by atoms with Crippen LogP contribution in [0.1, 0.15) is 6.92 Å². The van der Waals surface area contributed by atoms with Crippen LogP contribution in [0.5, 0.6) is 0 Å². The number of thiol groups is 1. The van der Waals surface area contributed by atoms with Crippen molar-refractivity contribution in [3.05, 3.63) is 0 Å². The summed E-state index contributed by atoms with van der Waals surface area (Å²) in [6.07, 6.45) is 0. The van der Waals surface area contributed by atoms with E-state index in [2.05, 4.69) is 23.7 Å². The van der Waals surface area contributed by atoms with Gasteiger partial charge in [0.2, 0.25) is 5.91 Å². The number of aliphatic carboxylic acids is 2. The lowest BCUT2D eigenvalue weighted by atomic mass is 10.3. The summed E-state index contributed by atoms with van der Waals surface area (Å²) in [5.41, 5.74) is 4.57. The Morgan fingerprint density at radius 2 is 1.80 bits per heavy atom. The molecule has 8 heteroatoms. The molecule has 0 saturated carbocycles. The Bertz CT molecular complexity index is 233. The molecule has 0 fully saturated rings. The lowest BCUT2D eigenvalue weighted by Crippen LogP contribution is -2.40. The highest BCUT2D eigenvalue weighted by atomic mass is 32.1. The maximum atomic E-state index is 10.3. The molecule has 0 aromatic heterocycles. The topological polar surface area (TPSA) is 130 Å². The van der Waals surface area contributed by atoms with Crippen LogP contribution in [0.3, 0.4) is 0 Å². The summed E-state index contributed by atoms with van der Waals surface area (Å²) in [5.74, 6) is -2.29. The molecule has 5 N–H and O–H groups in total. The van der Waals surface area contributed by atoms with Gasteiger partial charge in [0.15, 0.2) is 0 Å². The first-order valence-electron chi connectivity index (χ1n) is 3.87.